The zero-order valence-electron chi connectivity index (χ0n) is 18.8. The van der Waals surface area contributed by atoms with Gasteiger partial charge in [-0.05, 0) is 106 Å². The SMILES string of the molecule is CCN(CC)CCCC(=O)OCCC12CC3CC(CCO)(CC(CCO)(C3)C1)C2. The summed E-state index contributed by atoms with van der Waals surface area (Å²) in [7, 11) is 0. The average Bonchev–Trinajstić information content (AvgIpc) is 2.64. The Labute approximate surface area is 177 Å². The van der Waals surface area contributed by atoms with Crippen LogP contribution in [0.25, 0.3) is 0 Å². The molecule has 0 aromatic heterocycles. The van der Waals surface area contributed by atoms with Crippen molar-refractivity contribution in [2.24, 2.45) is 22.2 Å². The molecule has 4 aliphatic rings. The molecule has 4 rings (SSSR count). The third-order valence-corrected chi connectivity index (χ3v) is 8.34. The van der Waals surface area contributed by atoms with Gasteiger partial charge in [-0.25, -0.2) is 0 Å². The van der Waals surface area contributed by atoms with E-state index >= 15 is 0 Å². The summed E-state index contributed by atoms with van der Waals surface area (Å²) in [5.74, 6) is 0.658. The molecule has 0 aromatic carbocycles. The van der Waals surface area contributed by atoms with Crippen molar-refractivity contribution in [3.05, 3.63) is 0 Å². The molecule has 2 atom stereocenters. The fraction of sp³-hybridized carbons (Fsp3) is 0.958. The number of esters is 1. The van der Waals surface area contributed by atoms with Crippen molar-refractivity contribution in [1.82, 2.24) is 4.90 Å². The average molecular weight is 410 g/mol. The van der Waals surface area contributed by atoms with E-state index in [0.29, 0.717) is 18.9 Å². The Hall–Kier alpha value is -0.650. The van der Waals surface area contributed by atoms with E-state index in [1.165, 1.54) is 38.5 Å². The second-order valence-corrected chi connectivity index (χ2v) is 10.6. The molecule has 168 valence electrons. The molecule has 0 radical (unpaired) electrons. The molecule has 5 nitrogen and oxygen atoms in total. The van der Waals surface area contributed by atoms with Crippen LogP contribution >= 0.6 is 0 Å². The van der Waals surface area contributed by atoms with Gasteiger partial charge in [0.2, 0.25) is 0 Å². The number of carbonyl (C=O) groups excluding carboxylic acids is 1. The van der Waals surface area contributed by atoms with E-state index in [1.807, 2.05) is 0 Å². The van der Waals surface area contributed by atoms with Gasteiger partial charge < -0.3 is 19.8 Å². The second-order valence-electron chi connectivity index (χ2n) is 10.6. The molecule has 2 unspecified atom stereocenters. The van der Waals surface area contributed by atoms with Crippen molar-refractivity contribution in [3.8, 4) is 0 Å². The molecule has 0 amide bonds. The molecule has 0 heterocycles. The largest absolute Gasteiger partial charge is 0.466 e. The second kappa shape index (κ2) is 9.65. The highest BCUT2D eigenvalue weighted by Crippen LogP contribution is 2.72. The van der Waals surface area contributed by atoms with Crippen LogP contribution in [-0.4, -0.2) is 60.5 Å². The van der Waals surface area contributed by atoms with E-state index in [-0.39, 0.29) is 35.4 Å². The Morgan fingerprint density at radius 3 is 1.93 bits per heavy atom. The summed E-state index contributed by atoms with van der Waals surface area (Å²) in [5, 5.41) is 19.4. The number of hydrogen-bond donors (Lipinski definition) is 2. The molecular weight excluding hydrogens is 366 g/mol. The predicted molar refractivity (Wildman–Crippen MR) is 114 cm³/mol. The van der Waals surface area contributed by atoms with E-state index in [2.05, 4.69) is 18.7 Å². The van der Waals surface area contributed by atoms with Crippen LogP contribution in [0, 0.1) is 22.2 Å². The summed E-state index contributed by atoms with van der Waals surface area (Å²) < 4.78 is 5.66. The van der Waals surface area contributed by atoms with Gasteiger partial charge >= 0.3 is 5.97 Å². The Kier molecular flexibility index (Phi) is 7.66. The smallest absolute Gasteiger partial charge is 0.305 e. The van der Waals surface area contributed by atoms with E-state index < -0.39 is 0 Å². The predicted octanol–water partition coefficient (Wildman–Crippen LogP) is 3.76. The van der Waals surface area contributed by atoms with Crippen LogP contribution in [0.15, 0.2) is 0 Å². The van der Waals surface area contributed by atoms with Gasteiger partial charge in [-0.3, -0.25) is 4.79 Å². The van der Waals surface area contributed by atoms with Crippen LogP contribution in [0.3, 0.4) is 0 Å². The summed E-state index contributed by atoms with van der Waals surface area (Å²) in [6, 6.07) is 0. The number of aliphatic hydroxyl groups excluding tert-OH is 2. The third kappa shape index (κ3) is 5.34. The van der Waals surface area contributed by atoms with Crippen molar-refractivity contribution in [2.75, 3.05) is 39.5 Å². The normalized spacial score (nSPS) is 35.4. The Bertz CT molecular complexity index is 525. The van der Waals surface area contributed by atoms with Crippen molar-refractivity contribution < 1.29 is 19.7 Å². The molecule has 4 saturated carbocycles. The molecule has 0 aliphatic heterocycles. The maximum absolute atomic E-state index is 12.2. The summed E-state index contributed by atoms with van der Waals surface area (Å²) in [6.45, 7) is 8.38. The zero-order valence-corrected chi connectivity index (χ0v) is 18.8. The first kappa shape index (κ1) is 23.0. The first-order valence-corrected chi connectivity index (χ1v) is 12.0. The van der Waals surface area contributed by atoms with Gasteiger partial charge in [0.1, 0.15) is 0 Å². The van der Waals surface area contributed by atoms with E-state index in [4.69, 9.17) is 4.74 Å². The van der Waals surface area contributed by atoms with Gasteiger partial charge in [-0.2, -0.15) is 0 Å². The third-order valence-electron chi connectivity index (χ3n) is 8.34. The summed E-state index contributed by atoms with van der Waals surface area (Å²) in [6.07, 6.45) is 11.4. The standard InChI is InChI=1S/C24H43NO4/c1-3-25(4-2)10-5-6-21(28)29-13-9-24-16-20-14-22(18-24,7-11-26)17-23(15-20,19-24)8-12-27/h20,26-27H,3-19H2,1-2H3. The van der Waals surface area contributed by atoms with Gasteiger partial charge in [-0.15, -0.1) is 0 Å². The Morgan fingerprint density at radius 1 is 0.931 bits per heavy atom. The monoisotopic (exact) mass is 409 g/mol. The Balaban J connectivity index is 1.53. The number of ether oxygens (including phenoxy) is 1. The molecule has 4 bridgehead atoms. The number of rotatable bonds is 13. The lowest BCUT2D eigenvalue weighted by atomic mass is 9.38. The van der Waals surface area contributed by atoms with Crippen LogP contribution in [-0.2, 0) is 9.53 Å². The minimum atomic E-state index is -0.0583. The first-order valence-electron chi connectivity index (χ1n) is 12.0. The number of carbonyl (C=O) groups is 1. The quantitative estimate of drug-likeness (QED) is 0.453. The number of aliphatic hydroxyl groups is 2. The zero-order chi connectivity index (χ0) is 21.0. The summed E-state index contributed by atoms with van der Waals surface area (Å²) >= 11 is 0. The first-order chi connectivity index (χ1) is 13.9. The maximum atomic E-state index is 12.2. The minimum Gasteiger partial charge on any atom is -0.466 e. The maximum Gasteiger partial charge on any atom is 0.305 e. The summed E-state index contributed by atoms with van der Waals surface area (Å²) in [5.41, 5.74) is 0.736. The lowest BCUT2D eigenvalue weighted by molar-refractivity contribution is -0.177. The van der Waals surface area contributed by atoms with Crippen LogP contribution in [0.2, 0.25) is 0 Å². The molecule has 29 heavy (non-hydrogen) atoms. The van der Waals surface area contributed by atoms with Crippen molar-refractivity contribution in [1.29, 1.82) is 0 Å². The Morgan fingerprint density at radius 2 is 1.45 bits per heavy atom. The van der Waals surface area contributed by atoms with Crippen LogP contribution in [0.1, 0.15) is 84.5 Å². The number of nitrogens with zero attached hydrogens (tertiary/aromatic N) is 1. The highest BCUT2D eigenvalue weighted by atomic mass is 16.5. The number of hydrogen-bond acceptors (Lipinski definition) is 5. The highest BCUT2D eigenvalue weighted by molar-refractivity contribution is 5.69. The highest BCUT2D eigenvalue weighted by Gasteiger charge is 2.62. The molecule has 2 N–H and O–H groups in total. The van der Waals surface area contributed by atoms with Gasteiger partial charge in [0.05, 0.1) is 6.61 Å². The molecule has 4 aliphatic carbocycles. The fourth-order valence-corrected chi connectivity index (χ4v) is 7.81. The van der Waals surface area contributed by atoms with Gasteiger partial charge in [0.15, 0.2) is 0 Å². The van der Waals surface area contributed by atoms with Crippen LogP contribution < -0.4 is 0 Å². The van der Waals surface area contributed by atoms with E-state index in [1.54, 1.807) is 0 Å². The molecular formula is C24H43NO4. The van der Waals surface area contributed by atoms with Crippen molar-refractivity contribution >= 4 is 5.97 Å². The van der Waals surface area contributed by atoms with Gasteiger partial charge in [0, 0.05) is 19.6 Å². The van der Waals surface area contributed by atoms with E-state index in [0.717, 1.165) is 45.3 Å². The molecule has 4 fully saturated rings. The lowest BCUT2D eigenvalue weighted by Gasteiger charge is -2.67. The topological polar surface area (TPSA) is 70.0 Å². The lowest BCUT2D eigenvalue weighted by Crippen LogP contribution is -2.57. The molecule has 5 heteroatoms. The molecule has 0 spiro atoms. The fourth-order valence-electron chi connectivity index (χ4n) is 7.81. The van der Waals surface area contributed by atoms with Gasteiger partial charge in [-0.1, -0.05) is 13.8 Å². The van der Waals surface area contributed by atoms with Crippen molar-refractivity contribution in [3.63, 3.8) is 0 Å². The van der Waals surface area contributed by atoms with Crippen LogP contribution in [0.5, 0.6) is 0 Å². The minimum absolute atomic E-state index is 0.0583. The summed E-state index contributed by atoms with van der Waals surface area (Å²) in [4.78, 5) is 14.5. The molecule has 0 saturated heterocycles. The van der Waals surface area contributed by atoms with Gasteiger partial charge in [0.25, 0.3) is 0 Å². The van der Waals surface area contributed by atoms with Crippen LogP contribution in [0.4, 0.5) is 0 Å². The van der Waals surface area contributed by atoms with Crippen molar-refractivity contribution in [2.45, 2.75) is 84.5 Å². The van der Waals surface area contributed by atoms with E-state index in [9.17, 15) is 15.0 Å². The molecule has 0 aromatic rings.